The molecule has 0 aliphatic carbocycles. The molecule has 19 heavy (non-hydrogen) atoms. The normalized spacial score (nSPS) is 11.1. The van der Waals surface area contributed by atoms with Crippen LogP contribution in [0.25, 0.3) is 10.2 Å². The van der Waals surface area contributed by atoms with Gasteiger partial charge in [-0.15, -0.1) is 11.3 Å². The van der Waals surface area contributed by atoms with E-state index in [4.69, 9.17) is 11.6 Å². The van der Waals surface area contributed by atoms with Gasteiger partial charge in [-0.05, 0) is 23.6 Å². The minimum Gasteiger partial charge on any atom is -0.293 e. The Hall–Kier alpha value is -1.72. The lowest BCUT2D eigenvalue weighted by molar-refractivity contribution is 0.595. The molecule has 0 unspecified atom stereocenters. The van der Waals surface area contributed by atoms with Gasteiger partial charge < -0.3 is 0 Å². The van der Waals surface area contributed by atoms with Crippen molar-refractivity contribution in [2.45, 2.75) is 6.54 Å². The van der Waals surface area contributed by atoms with E-state index in [1.165, 1.54) is 34.4 Å². The third-order valence-corrected chi connectivity index (χ3v) is 4.07. The number of halogens is 2. The summed E-state index contributed by atoms with van der Waals surface area (Å²) in [4.78, 5) is 16.3. The first-order valence-corrected chi connectivity index (χ1v) is 6.78. The van der Waals surface area contributed by atoms with Gasteiger partial charge in [0.1, 0.15) is 10.5 Å². The molecule has 2 heterocycles. The Labute approximate surface area is 116 Å². The predicted molar refractivity (Wildman–Crippen MR) is 74.4 cm³/mol. The average molecular weight is 295 g/mol. The van der Waals surface area contributed by atoms with Crippen molar-refractivity contribution in [2.75, 3.05) is 0 Å². The molecule has 96 valence electrons. The Morgan fingerprint density at radius 1 is 1.37 bits per heavy atom. The van der Waals surface area contributed by atoms with Crippen LogP contribution in [0.2, 0.25) is 5.02 Å². The van der Waals surface area contributed by atoms with Crippen molar-refractivity contribution in [3.8, 4) is 0 Å². The molecule has 0 radical (unpaired) electrons. The summed E-state index contributed by atoms with van der Waals surface area (Å²) in [5.41, 5.74) is 0.772. The van der Waals surface area contributed by atoms with Crippen molar-refractivity contribution in [2.24, 2.45) is 0 Å². The zero-order valence-corrected chi connectivity index (χ0v) is 11.2. The Morgan fingerprint density at radius 2 is 2.21 bits per heavy atom. The summed E-state index contributed by atoms with van der Waals surface area (Å²) in [5, 5.41) is 2.11. The molecule has 0 spiro atoms. The maximum Gasteiger partial charge on any atom is 0.271 e. The second kappa shape index (κ2) is 4.75. The largest absolute Gasteiger partial charge is 0.293 e. The van der Waals surface area contributed by atoms with Gasteiger partial charge in [0.15, 0.2) is 0 Å². The summed E-state index contributed by atoms with van der Waals surface area (Å²) in [6.45, 7) is 0.0746. The standard InChI is InChI=1S/C13H8ClFN2OS/c14-9-2-1-3-10(15)8(9)6-17-7-16-11-4-5-19-12(11)13(17)18/h1-5,7H,6H2. The molecule has 0 saturated heterocycles. The van der Waals surface area contributed by atoms with E-state index >= 15 is 0 Å². The lowest BCUT2D eigenvalue weighted by atomic mass is 10.2. The fraction of sp³-hybridized carbons (Fsp3) is 0.0769. The minimum atomic E-state index is -0.425. The topological polar surface area (TPSA) is 34.9 Å². The van der Waals surface area contributed by atoms with Crippen LogP contribution in [0.3, 0.4) is 0 Å². The molecular formula is C13H8ClFN2OS. The zero-order valence-electron chi connectivity index (χ0n) is 9.64. The van der Waals surface area contributed by atoms with E-state index in [9.17, 15) is 9.18 Å². The van der Waals surface area contributed by atoms with Crippen molar-refractivity contribution >= 4 is 33.2 Å². The molecule has 0 fully saturated rings. The van der Waals surface area contributed by atoms with Crippen molar-refractivity contribution in [3.05, 3.63) is 62.7 Å². The van der Waals surface area contributed by atoms with Gasteiger partial charge in [-0.25, -0.2) is 9.37 Å². The first-order valence-electron chi connectivity index (χ1n) is 5.52. The van der Waals surface area contributed by atoms with Crippen molar-refractivity contribution in [1.82, 2.24) is 9.55 Å². The van der Waals surface area contributed by atoms with Crippen LogP contribution in [0.1, 0.15) is 5.56 Å². The number of hydrogen-bond acceptors (Lipinski definition) is 3. The smallest absolute Gasteiger partial charge is 0.271 e. The van der Waals surface area contributed by atoms with Crippen LogP contribution in [-0.4, -0.2) is 9.55 Å². The maximum atomic E-state index is 13.7. The molecule has 0 aliphatic rings. The van der Waals surface area contributed by atoms with Crippen LogP contribution < -0.4 is 5.56 Å². The van der Waals surface area contributed by atoms with E-state index < -0.39 is 5.82 Å². The molecule has 3 nitrogen and oxygen atoms in total. The van der Waals surface area contributed by atoms with Gasteiger partial charge in [0, 0.05) is 10.6 Å². The van der Waals surface area contributed by atoms with Crippen LogP contribution in [0, 0.1) is 5.82 Å². The molecule has 3 aromatic rings. The number of nitrogens with zero attached hydrogens (tertiary/aromatic N) is 2. The average Bonchev–Trinajstić information content (AvgIpc) is 2.85. The second-order valence-corrected chi connectivity index (χ2v) is 5.34. The number of hydrogen-bond donors (Lipinski definition) is 0. The number of rotatable bonds is 2. The van der Waals surface area contributed by atoms with Crippen molar-refractivity contribution in [3.63, 3.8) is 0 Å². The fourth-order valence-corrected chi connectivity index (χ4v) is 2.86. The summed E-state index contributed by atoms with van der Waals surface area (Å²) >= 11 is 7.28. The van der Waals surface area contributed by atoms with Gasteiger partial charge in [-0.1, -0.05) is 17.7 Å². The molecule has 0 amide bonds. The lowest BCUT2D eigenvalue weighted by Crippen LogP contribution is -2.20. The monoisotopic (exact) mass is 294 g/mol. The first-order chi connectivity index (χ1) is 9.16. The number of benzene rings is 1. The van der Waals surface area contributed by atoms with Crippen LogP contribution >= 0.6 is 22.9 Å². The Kier molecular flexibility index (Phi) is 3.08. The van der Waals surface area contributed by atoms with E-state index in [0.717, 1.165) is 0 Å². The molecular weight excluding hydrogens is 287 g/mol. The molecule has 0 atom stereocenters. The van der Waals surface area contributed by atoms with E-state index in [1.54, 1.807) is 17.5 Å². The summed E-state index contributed by atoms with van der Waals surface area (Å²) in [5.74, 6) is -0.425. The highest BCUT2D eigenvalue weighted by Crippen LogP contribution is 2.20. The number of fused-ring (bicyclic) bond motifs is 1. The third-order valence-electron chi connectivity index (χ3n) is 2.83. The zero-order chi connectivity index (χ0) is 13.4. The lowest BCUT2D eigenvalue weighted by Gasteiger charge is -2.08. The second-order valence-electron chi connectivity index (χ2n) is 4.01. The van der Waals surface area contributed by atoms with Gasteiger partial charge in [-0.3, -0.25) is 9.36 Å². The van der Waals surface area contributed by atoms with Crippen LogP contribution in [0.5, 0.6) is 0 Å². The molecule has 1 aromatic carbocycles. The molecule has 2 aromatic heterocycles. The summed E-state index contributed by atoms with van der Waals surface area (Å²) in [6, 6.07) is 6.23. The Morgan fingerprint density at radius 3 is 3.00 bits per heavy atom. The number of aromatic nitrogens is 2. The van der Waals surface area contributed by atoms with Crippen LogP contribution in [0.15, 0.2) is 40.8 Å². The van der Waals surface area contributed by atoms with Gasteiger partial charge in [0.05, 0.1) is 18.4 Å². The maximum absolute atomic E-state index is 13.7. The van der Waals surface area contributed by atoms with E-state index in [2.05, 4.69) is 4.98 Å². The molecule has 0 N–H and O–H groups in total. The Bertz CT molecular complexity index is 792. The molecule has 0 aliphatic heterocycles. The van der Waals surface area contributed by atoms with Gasteiger partial charge in [0.2, 0.25) is 0 Å². The highest BCUT2D eigenvalue weighted by molar-refractivity contribution is 7.17. The molecule has 0 saturated carbocycles. The van der Waals surface area contributed by atoms with Crippen LogP contribution in [0.4, 0.5) is 4.39 Å². The van der Waals surface area contributed by atoms with E-state index in [-0.39, 0.29) is 12.1 Å². The SMILES string of the molecule is O=c1c2sccc2ncn1Cc1c(F)cccc1Cl. The fourth-order valence-electron chi connectivity index (χ4n) is 1.85. The van der Waals surface area contributed by atoms with Gasteiger partial charge >= 0.3 is 0 Å². The first kappa shape index (κ1) is 12.3. The predicted octanol–water partition coefficient (Wildman–Crippen LogP) is 3.30. The summed E-state index contributed by atoms with van der Waals surface area (Å²) in [6.07, 6.45) is 1.42. The van der Waals surface area contributed by atoms with Crippen molar-refractivity contribution < 1.29 is 4.39 Å². The Balaban J connectivity index is 2.11. The number of thiophene rings is 1. The van der Waals surface area contributed by atoms with Crippen LogP contribution in [-0.2, 0) is 6.54 Å². The van der Waals surface area contributed by atoms with Gasteiger partial charge in [0.25, 0.3) is 5.56 Å². The van der Waals surface area contributed by atoms with Gasteiger partial charge in [-0.2, -0.15) is 0 Å². The highest BCUT2D eigenvalue weighted by atomic mass is 35.5. The quantitative estimate of drug-likeness (QED) is 0.727. The summed E-state index contributed by atoms with van der Waals surface area (Å²) < 4.78 is 15.6. The van der Waals surface area contributed by atoms with E-state index in [0.29, 0.717) is 20.8 Å². The molecule has 3 rings (SSSR count). The van der Waals surface area contributed by atoms with E-state index in [1.807, 2.05) is 0 Å². The van der Waals surface area contributed by atoms with Crippen molar-refractivity contribution in [1.29, 1.82) is 0 Å². The molecule has 6 heteroatoms. The summed E-state index contributed by atoms with van der Waals surface area (Å²) in [7, 11) is 0. The highest BCUT2D eigenvalue weighted by Gasteiger charge is 2.10. The minimum absolute atomic E-state index is 0.0746. The molecule has 0 bridgehead atoms. The third kappa shape index (κ3) is 2.15.